The van der Waals surface area contributed by atoms with E-state index in [9.17, 15) is 9.18 Å². The minimum absolute atomic E-state index is 0.0702. The Morgan fingerprint density at radius 3 is 2.84 bits per heavy atom. The van der Waals surface area contributed by atoms with Crippen molar-refractivity contribution < 1.29 is 13.9 Å². The van der Waals surface area contributed by atoms with Crippen molar-refractivity contribution in [3.05, 3.63) is 65.4 Å². The topological polar surface area (TPSA) is 56.1 Å². The van der Waals surface area contributed by atoms with Crippen LogP contribution in [0.1, 0.15) is 5.69 Å². The number of para-hydroxylation sites is 1. The molecule has 0 radical (unpaired) electrons. The predicted molar refractivity (Wildman–Crippen MR) is 94.6 cm³/mol. The zero-order valence-corrected chi connectivity index (χ0v) is 14.1. The van der Waals surface area contributed by atoms with Crippen LogP contribution in [-0.4, -0.2) is 15.9 Å². The van der Waals surface area contributed by atoms with Crippen LogP contribution in [0.25, 0.3) is 11.1 Å². The number of carbonyl (C=O) groups is 1. The molecule has 0 aliphatic carbocycles. The van der Waals surface area contributed by atoms with Gasteiger partial charge in [-0.25, -0.2) is 9.18 Å². The van der Waals surface area contributed by atoms with Crippen LogP contribution < -0.4 is 10.1 Å². The van der Waals surface area contributed by atoms with Crippen molar-refractivity contribution in [3.63, 3.8) is 0 Å². The van der Waals surface area contributed by atoms with E-state index in [1.54, 1.807) is 31.3 Å². The number of carbonyl (C=O) groups excluding carboxylic acids is 1. The summed E-state index contributed by atoms with van der Waals surface area (Å²) >= 11 is 6.04. The molecule has 128 valence electrons. The fraction of sp³-hybridized carbons (Fsp3) is 0.111. The van der Waals surface area contributed by atoms with Gasteiger partial charge in [-0.15, -0.1) is 0 Å². The quantitative estimate of drug-likeness (QED) is 0.726. The lowest BCUT2D eigenvalue weighted by atomic mass is 10.0. The average Bonchev–Trinajstić information content (AvgIpc) is 2.94. The standard InChI is InChI=1S/C18H15ClFN3O2/c1-23-11-17(16(10-20)22-23)25-18(24)21-15-8-3-2-7-14(15)12-5-4-6-13(19)9-12/h2-9,11H,10H2,1H3,(H,21,24). The number of halogens is 2. The average molecular weight is 360 g/mol. The second-order valence-electron chi connectivity index (χ2n) is 5.32. The van der Waals surface area contributed by atoms with Crippen molar-refractivity contribution >= 4 is 23.4 Å². The van der Waals surface area contributed by atoms with Crippen molar-refractivity contribution in [1.29, 1.82) is 0 Å². The molecule has 0 spiro atoms. The van der Waals surface area contributed by atoms with Gasteiger partial charge in [0.1, 0.15) is 12.4 Å². The van der Waals surface area contributed by atoms with Gasteiger partial charge < -0.3 is 4.74 Å². The lowest BCUT2D eigenvalue weighted by molar-refractivity contribution is 0.214. The largest absolute Gasteiger partial charge is 0.417 e. The molecular weight excluding hydrogens is 345 g/mol. The molecule has 0 atom stereocenters. The van der Waals surface area contributed by atoms with E-state index in [2.05, 4.69) is 10.4 Å². The Morgan fingerprint density at radius 2 is 2.08 bits per heavy atom. The van der Waals surface area contributed by atoms with E-state index in [1.165, 1.54) is 10.9 Å². The SMILES string of the molecule is Cn1cc(OC(=O)Nc2ccccc2-c2cccc(Cl)c2)c(CF)n1. The van der Waals surface area contributed by atoms with Gasteiger partial charge in [0.05, 0.1) is 11.9 Å². The van der Waals surface area contributed by atoms with E-state index in [4.69, 9.17) is 16.3 Å². The Labute approximate surface area is 149 Å². The first-order valence-electron chi connectivity index (χ1n) is 7.49. The zero-order valence-electron chi connectivity index (χ0n) is 13.4. The molecule has 25 heavy (non-hydrogen) atoms. The third-order valence-corrected chi connectivity index (χ3v) is 3.73. The zero-order chi connectivity index (χ0) is 17.8. The summed E-state index contributed by atoms with van der Waals surface area (Å²) in [4.78, 5) is 12.2. The van der Waals surface area contributed by atoms with Gasteiger partial charge in [-0.1, -0.05) is 41.9 Å². The van der Waals surface area contributed by atoms with Crippen LogP contribution in [0.2, 0.25) is 5.02 Å². The molecule has 0 aliphatic heterocycles. The third-order valence-electron chi connectivity index (χ3n) is 3.50. The van der Waals surface area contributed by atoms with Crippen molar-refractivity contribution in [1.82, 2.24) is 9.78 Å². The first-order chi connectivity index (χ1) is 12.1. The van der Waals surface area contributed by atoms with Crippen LogP contribution in [0.15, 0.2) is 54.7 Å². The smallest absolute Gasteiger partial charge is 0.406 e. The molecule has 0 saturated heterocycles. The highest BCUT2D eigenvalue weighted by Crippen LogP contribution is 2.30. The molecule has 1 amide bonds. The molecule has 0 unspecified atom stereocenters. The fourth-order valence-corrected chi connectivity index (χ4v) is 2.62. The van der Waals surface area contributed by atoms with Crippen molar-refractivity contribution in [2.75, 3.05) is 5.32 Å². The minimum Gasteiger partial charge on any atom is -0.406 e. The van der Waals surface area contributed by atoms with Crippen molar-refractivity contribution in [2.24, 2.45) is 7.05 Å². The highest BCUT2D eigenvalue weighted by molar-refractivity contribution is 6.30. The molecule has 1 N–H and O–H groups in total. The van der Waals surface area contributed by atoms with E-state index in [1.807, 2.05) is 24.3 Å². The first kappa shape index (κ1) is 17.0. The number of anilines is 1. The van der Waals surface area contributed by atoms with Gasteiger partial charge in [0, 0.05) is 17.6 Å². The van der Waals surface area contributed by atoms with Crippen molar-refractivity contribution in [2.45, 2.75) is 6.67 Å². The maximum Gasteiger partial charge on any atom is 0.417 e. The highest BCUT2D eigenvalue weighted by atomic mass is 35.5. The number of aryl methyl sites for hydroxylation is 1. The summed E-state index contributed by atoms with van der Waals surface area (Å²) in [5.74, 6) is 0.0859. The highest BCUT2D eigenvalue weighted by Gasteiger charge is 2.15. The number of hydrogen-bond donors (Lipinski definition) is 1. The molecule has 0 fully saturated rings. The number of nitrogens with zero attached hydrogens (tertiary/aromatic N) is 2. The van der Waals surface area contributed by atoms with Crippen LogP contribution in [0.5, 0.6) is 5.75 Å². The van der Waals surface area contributed by atoms with Crippen LogP contribution >= 0.6 is 11.6 Å². The molecule has 7 heteroatoms. The molecule has 3 aromatic rings. The molecule has 5 nitrogen and oxygen atoms in total. The van der Waals surface area contributed by atoms with Gasteiger partial charge in [-0.2, -0.15) is 5.10 Å². The second-order valence-corrected chi connectivity index (χ2v) is 5.75. The Kier molecular flexibility index (Phi) is 5.00. The number of aromatic nitrogens is 2. The molecule has 3 rings (SSSR count). The third kappa shape index (κ3) is 3.97. The van der Waals surface area contributed by atoms with Crippen LogP contribution in [-0.2, 0) is 13.7 Å². The molecule has 0 saturated carbocycles. The predicted octanol–water partition coefficient (Wildman–Crippen LogP) is 4.82. The first-order valence-corrected chi connectivity index (χ1v) is 7.87. The summed E-state index contributed by atoms with van der Waals surface area (Å²) in [6, 6.07) is 14.5. The molecule has 2 aromatic carbocycles. The van der Waals surface area contributed by atoms with E-state index < -0.39 is 12.8 Å². The number of nitrogens with one attached hydrogen (secondary N) is 1. The maximum absolute atomic E-state index is 12.9. The minimum atomic E-state index is -0.817. The summed E-state index contributed by atoms with van der Waals surface area (Å²) in [7, 11) is 1.62. The normalized spacial score (nSPS) is 10.5. The number of alkyl halides is 1. The summed E-state index contributed by atoms with van der Waals surface area (Å²) in [6.45, 7) is -0.817. The number of rotatable bonds is 4. The maximum atomic E-state index is 12.9. The van der Waals surface area contributed by atoms with E-state index in [0.29, 0.717) is 10.7 Å². The summed E-state index contributed by atoms with van der Waals surface area (Å²) < 4.78 is 19.5. The summed E-state index contributed by atoms with van der Waals surface area (Å²) in [5.41, 5.74) is 2.27. The van der Waals surface area contributed by atoms with E-state index >= 15 is 0 Å². The van der Waals surface area contributed by atoms with Crippen LogP contribution in [0.3, 0.4) is 0 Å². The van der Waals surface area contributed by atoms with Gasteiger partial charge in [-0.05, 0) is 23.8 Å². The molecule has 0 aliphatic rings. The second kappa shape index (κ2) is 7.36. The number of amides is 1. The molecule has 1 aromatic heterocycles. The summed E-state index contributed by atoms with van der Waals surface area (Å²) in [5, 5.41) is 7.16. The number of hydrogen-bond acceptors (Lipinski definition) is 3. The lowest BCUT2D eigenvalue weighted by Gasteiger charge is -2.11. The van der Waals surface area contributed by atoms with Gasteiger partial charge in [0.25, 0.3) is 0 Å². The van der Waals surface area contributed by atoms with Crippen LogP contribution in [0.4, 0.5) is 14.9 Å². The van der Waals surface area contributed by atoms with Gasteiger partial charge in [-0.3, -0.25) is 10.00 Å². The number of ether oxygens (including phenoxy) is 1. The molecular formula is C18H15ClFN3O2. The van der Waals surface area contributed by atoms with Crippen LogP contribution in [0, 0.1) is 0 Å². The molecule has 1 heterocycles. The Hall–Kier alpha value is -2.86. The van der Waals surface area contributed by atoms with Gasteiger partial charge in [0.2, 0.25) is 0 Å². The Balaban J connectivity index is 1.82. The monoisotopic (exact) mass is 359 g/mol. The summed E-state index contributed by atoms with van der Waals surface area (Å²) in [6.07, 6.45) is 0.717. The van der Waals surface area contributed by atoms with Gasteiger partial charge >= 0.3 is 6.09 Å². The fourth-order valence-electron chi connectivity index (χ4n) is 2.43. The Bertz CT molecular complexity index is 911. The lowest BCUT2D eigenvalue weighted by Crippen LogP contribution is -2.17. The van der Waals surface area contributed by atoms with E-state index in [0.717, 1.165) is 11.1 Å². The van der Waals surface area contributed by atoms with Crippen molar-refractivity contribution in [3.8, 4) is 16.9 Å². The van der Waals surface area contributed by atoms with Gasteiger partial charge in [0.15, 0.2) is 5.75 Å². The molecule has 0 bridgehead atoms. The Morgan fingerprint density at radius 1 is 1.28 bits per heavy atom. The van der Waals surface area contributed by atoms with E-state index in [-0.39, 0.29) is 11.4 Å². The number of benzene rings is 2.